The van der Waals surface area contributed by atoms with Crippen LogP contribution in [0.4, 0.5) is 8.78 Å². The molecule has 0 N–H and O–H groups in total. The van der Waals surface area contributed by atoms with E-state index in [1.807, 2.05) is 0 Å². The van der Waals surface area contributed by atoms with Crippen LogP contribution < -0.4 is 5.26 Å². The molecule has 14 heteroatoms. The molecule has 0 spiro atoms. The van der Waals surface area contributed by atoms with Crippen molar-refractivity contribution in [1.82, 2.24) is 0 Å². The largest absolute Gasteiger partial charge is 0.691 e. The number of carbonyl (C=O) groups excluding carboxylic acids is 4. The van der Waals surface area contributed by atoms with Crippen molar-refractivity contribution in [3.63, 3.8) is 0 Å². The molecule has 7 fully saturated rings. The first-order valence-corrected chi connectivity index (χ1v) is 13.1. The lowest BCUT2D eigenvalue weighted by molar-refractivity contribution is -0.777. The van der Waals surface area contributed by atoms with Gasteiger partial charge in [0.2, 0.25) is 0 Å². The molecule has 6 saturated carbocycles. The van der Waals surface area contributed by atoms with Gasteiger partial charge in [0.15, 0.2) is 6.61 Å². The van der Waals surface area contributed by atoms with Gasteiger partial charge in [-0.2, -0.15) is 13.1 Å². The van der Waals surface area contributed by atoms with Gasteiger partial charge in [0.25, 0.3) is 0 Å². The summed E-state index contributed by atoms with van der Waals surface area (Å²) in [5.41, 5.74) is -0.878. The fourth-order valence-electron chi connectivity index (χ4n) is 8.23. The maximum atomic E-state index is 13.9. The first-order valence-electron chi connectivity index (χ1n) is 12.4. The van der Waals surface area contributed by atoms with Gasteiger partial charge in [-0.3, -0.25) is 14.6 Å². The van der Waals surface area contributed by atoms with Gasteiger partial charge in [-0.25, -0.2) is 9.59 Å². The Bertz CT molecular complexity index is 991. The molecule has 6 aliphatic carbocycles. The fourth-order valence-corrected chi connectivity index (χ4v) is 8.46. The monoisotopic (exact) mass is 547 g/mol. The number of halogens is 2. The number of hydrogen-bond donors (Lipinski definition) is 0. The normalized spacial score (nSPS) is 42.6. The molecule has 1 aliphatic heterocycles. The van der Waals surface area contributed by atoms with Crippen LogP contribution in [0.3, 0.4) is 0 Å². The van der Waals surface area contributed by atoms with Gasteiger partial charge in [-0.05, 0) is 62.7 Å². The summed E-state index contributed by atoms with van der Waals surface area (Å²) in [6.45, 7) is -0.567. The van der Waals surface area contributed by atoms with Crippen LogP contribution in [0.15, 0.2) is 0 Å². The van der Waals surface area contributed by atoms with Crippen LogP contribution in [0.25, 0.3) is 0 Å². The summed E-state index contributed by atoms with van der Waals surface area (Å²) in [6, 6.07) is 0. The number of carbonyl (C=O) groups is 4. The Morgan fingerprint density at radius 1 is 1.03 bits per heavy atom. The lowest BCUT2D eigenvalue weighted by Gasteiger charge is -2.57. The average Bonchev–Trinajstić information content (AvgIpc) is 3.48. The van der Waals surface area contributed by atoms with Crippen molar-refractivity contribution in [2.45, 2.75) is 68.5 Å². The molecule has 0 radical (unpaired) electrons. The number of fused-ring (bicyclic) bond motifs is 1. The SMILES string of the molecule is O=C(COC(=O)C12CC3CC(C1)C(OC(=O)C(F)(F)SOO[O-])C(C3)C2)OC1C2CC3C(=O)OC1C3C2. The first kappa shape index (κ1) is 25.3. The Kier molecular flexibility index (Phi) is 6.16. The molecule has 1 heterocycles. The number of hydrogen-bond acceptors (Lipinski definition) is 12. The maximum absolute atomic E-state index is 13.9. The van der Waals surface area contributed by atoms with Crippen molar-refractivity contribution in [3.8, 4) is 0 Å². The number of rotatable bonds is 9. The zero-order chi connectivity index (χ0) is 26.1. The standard InChI is InChI=1S/C23H26F2O11S/c24-23(25,37-36-35-30)21(29)34-16-11-1-9-2-12(16)7-22(5-9,6-11)20(28)31-8-15(26)32-17-10-3-13-14(4-10)19(27)33-18(13)17/h9-14,16-18,30H,1-8H2/p-1. The minimum Gasteiger partial charge on any atom is -0.691 e. The molecule has 7 rings (SSSR count). The highest BCUT2D eigenvalue weighted by atomic mass is 32.2. The van der Waals surface area contributed by atoms with Gasteiger partial charge in [0.1, 0.15) is 30.4 Å². The first-order chi connectivity index (χ1) is 17.6. The van der Waals surface area contributed by atoms with E-state index in [2.05, 4.69) is 9.37 Å². The molecule has 0 amide bonds. The molecular formula is C23H25F2O11S-. The second kappa shape index (κ2) is 9.02. The van der Waals surface area contributed by atoms with Crippen molar-refractivity contribution >= 4 is 35.9 Å². The van der Waals surface area contributed by atoms with E-state index in [9.17, 15) is 33.2 Å². The Morgan fingerprint density at radius 3 is 2.46 bits per heavy atom. The summed E-state index contributed by atoms with van der Waals surface area (Å²) in [5, 5.41) is 8.57. The molecule has 7 aliphatic rings. The Hall–Kier alpha value is -2.03. The van der Waals surface area contributed by atoms with E-state index in [0.717, 1.165) is 6.42 Å². The highest BCUT2D eigenvalue weighted by Crippen LogP contribution is 2.61. The topological polar surface area (TPSA) is 147 Å². The average molecular weight is 548 g/mol. The van der Waals surface area contributed by atoms with Crippen LogP contribution in [-0.2, 0) is 47.5 Å². The van der Waals surface area contributed by atoms with Crippen LogP contribution in [0.2, 0.25) is 0 Å². The van der Waals surface area contributed by atoms with Gasteiger partial charge in [0, 0.05) is 11.8 Å². The van der Waals surface area contributed by atoms with E-state index in [1.165, 1.54) is 0 Å². The molecule has 0 aromatic rings. The minimum absolute atomic E-state index is 0.0686. The lowest BCUT2D eigenvalue weighted by Crippen LogP contribution is -2.58. The predicted octanol–water partition coefficient (Wildman–Crippen LogP) is 1.23. The van der Waals surface area contributed by atoms with Crippen molar-refractivity contribution < 1.29 is 61.5 Å². The summed E-state index contributed by atoms with van der Waals surface area (Å²) >= 11 is -0.740. The third kappa shape index (κ3) is 4.20. The summed E-state index contributed by atoms with van der Waals surface area (Å²) in [4.78, 5) is 49.6. The summed E-state index contributed by atoms with van der Waals surface area (Å²) in [5.74, 6) is -3.76. The van der Waals surface area contributed by atoms with Crippen molar-refractivity contribution in [2.75, 3.05) is 6.61 Å². The Morgan fingerprint density at radius 2 is 1.76 bits per heavy atom. The molecule has 0 aromatic carbocycles. The zero-order valence-corrected chi connectivity index (χ0v) is 20.3. The molecule has 11 nitrogen and oxygen atoms in total. The fraction of sp³-hybridized carbons (Fsp3) is 0.826. The second-order valence-corrected chi connectivity index (χ2v) is 12.1. The van der Waals surface area contributed by atoms with Gasteiger partial charge in [-0.15, -0.1) is 0 Å². The second-order valence-electron chi connectivity index (χ2n) is 11.3. The summed E-state index contributed by atoms with van der Waals surface area (Å²) in [7, 11) is 0. The van der Waals surface area contributed by atoms with Crippen LogP contribution in [0.1, 0.15) is 44.9 Å². The van der Waals surface area contributed by atoms with E-state index >= 15 is 0 Å². The van der Waals surface area contributed by atoms with E-state index in [-0.39, 0.29) is 54.3 Å². The van der Waals surface area contributed by atoms with Gasteiger partial charge < -0.3 is 24.2 Å². The molecule has 7 unspecified atom stereocenters. The van der Waals surface area contributed by atoms with E-state index in [4.69, 9.17) is 18.9 Å². The van der Waals surface area contributed by atoms with Crippen LogP contribution in [-0.4, -0.2) is 54.1 Å². The van der Waals surface area contributed by atoms with Gasteiger partial charge >= 0.3 is 29.1 Å². The highest BCUT2D eigenvalue weighted by Gasteiger charge is 2.64. The molecule has 1 saturated heterocycles. The van der Waals surface area contributed by atoms with Crippen molar-refractivity contribution in [2.24, 2.45) is 40.9 Å². The van der Waals surface area contributed by atoms with Crippen molar-refractivity contribution in [3.05, 3.63) is 0 Å². The Labute approximate surface area is 213 Å². The van der Waals surface area contributed by atoms with Crippen molar-refractivity contribution in [1.29, 1.82) is 0 Å². The Balaban J connectivity index is 1.04. The summed E-state index contributed by atoms with van der Waals surface area (Å²) < 4.78 is 52.8. The molecule has 37 heavy (non-hydrogen) atoms. The molecular weight excluding hydrogens is 522 g/mol. The molecule has 0 aromatic heterocycles. The van der Waals surface area contributed by atoms with Crippen LogP contribution >= 0.6 is 12.0 Å². The van der Waals surface area contributed by atoms with E-state index in [1.54, 1.807) is 0 Å². The summed E-state index contributed by atoms with van der Waals surface area (Å²) in [6.07, 6.45) is 2.05. The third-order valence-corrected chi connectivity index (χ3v) is 9.77. The quantitative estimate of drug-likeness (QED) is 0.134. The minimum atomic E-state index is -4.13. The van der Waals surface area contributed by atoms with Gasteiger partial charge in [-0.1, -0.05) is 0 Å². The van der Waals surface area contributed by atoms with E-state index in [0.29, 0.717) is 25.7 Å². The molecule has 7 atom stereocenters. The lowest BCUT2D eigenvalue weighted by atomic mass is 9.48. The number of esters is 4. The molecule has 204 valence electrons. The molecule has 6 bridgehead atoms. The van der Waals surface area contributed by atoms with Crippen LogP contribution in [0.5, 0.6) is 0 Å². The van der Waals surface area contributed by atoms with E-state index < -0.39 is 65.5 Å². The van der Waals surface area contributed by atoms with Crippen LogP contribution in [0, 0.1) is 40.9 Å². The highest BCUT2D eigenvalue weighted by molar-refractivity contribution is 7.96. The number of alkyl halides is 2. The maximum Gasteiger partial charge on any atom is 0.415 e. The third-order valence-electron chi connectivity index (χ3n) is 9.27. The predicted molar refractivity (Wildman–Crippen MR) is 111 cm³/mol. The van der Waals surface area contributed by atoms with Gasteiger partial charge in [0.05, 0.1) is 11.3 Å². The number of ether oxygens (including phenoxy) is 4. The zero-order valence-electron chi connectivity index (χ0n) is 19.5. The smallest absolute Gasteiger partial charge is 0.415 e.